The highest BCUT2D eigenvalue weighted by Gasteiger charge is 2.48. The summed E-state index contributed by atoms with van der Waals surface area (Å²) in [6.45, 7) is 1.97. The highest BCUT2D eigenvalue weighted by Crippen LogP contribution is 2.39. The van der Waals surface area contributed by atoms with Gasteiger partial charge in [0.1, 0.15) is 11.5 Å². The van der Waals surface area contributed by atoms with Gasteiger partial charge in [0.25, 0.3) is 0 Å². The molecule has 2 heterocycles. The summed E-state index contributed by atoms with van der Waals surface area (Å²) >= 11 is 0. The SMILES string of the molecule is COc1ccccc1N1C[C@@H](C(=O)Oc2ccc(N3C(=O)[C@H]4CC=CC[C@H]4C3=O)c(C)c2)CC1=O. The van der Waals surface area contributed by atoms with Crippen molar-refractivity contribution in [1.29, 1.82) is 0 Å². The number of anilines is 2. The van der Waals surface area contributed by atoms with Crippen molar-refractivity contribution >= 4 is 35.1 Å². The Kier molecular flexibility index (Phi) is 5.88. The maximum atomic E-state index is 12.9. The van der Waals surface area contributed by atoms with Gasteiger partial charge in [-0.05, 0) is 55.7 Å². The molecule has 2 aromatic carbocycles. The Morgan fingerprint density at radius 1 is 0.943 bits per heavy atom. The van der Waals surface area contributed by atoms with E-state index >= 15 is 0 Å². The summed E-state index contributed by atoms with van der Waals surface area (Å²) in [5.74, 6) is -1.43. The van der Waals surface area contributed by atoms with Gasteiger partial charge in [0.05, 0.1) is 36.2 Å². The third-order valence-corrected chi connectivity index (χ3v) is 6.97. The van der Waals surface area contributed by atoms with Crippen LogP contribution in [0.1, 0.15) is 24.8 Å². The molecule has 180 valence electrons. The van der Waals surface area contributed by atoms with Crippen LogP contribution in [0.5, 0.6) is 11.5 Å². The average molecular weight is 475 g/mol. The number of imide groups is 1. The molecule has 3 atom stereocenters. The summed E-state index contributed by atoms with van der Waals surface area (Å²) in [5.41, 5.74) is 1.78. The number of esters is 1. The molecule has 0 saturated carbocycles. The number of carbonyl (C=O) groups is 4. The van der Waals surface area contributed by atoms with E-state index in [4.69, 9.17) is 9.47 Å². The number of carbonyl (C=O) groups excluding carboxylic acids is 4. The lowest BCUT2D eigenvalue weighted by atomic mass is 9.85. The molecule has 3 amide bonds. The summed E-state index contributed by atoms with van der Waals surface area (Å²) in [6, 6.07) is 12.0. The van der Waals surface area contributed by atoms with E-state index in [-0.39, 0.29) is 42.5 Å². The third-order valence-electron chi connectivity index (χ3n) is 6.97. The zero-order valence-electron chi connectivity index (χ0n) is 19.6. The smallest absolute Gasteiger partial charge is 0.316 e. The average Bonchev–Trinajstić information content (AvgIpc) is 3.37. The van der Waals surface area contributed by atoms with E-state index in [1.54, 1.807) is 37.3 Å². The van der Waals surface area contributed by atoms with Crippen LogP contribution in [0.4, 0.5) is 11.4 Å². The standard InChI is InChI=1S/C27H26N2O6/c1-16-13-18(11-12-21(16)29-25(31)19-7-3-4-8-20(19)26(29)32)35-27(33)17-14-24(30)28(15-17)22-9-5-6-10-23(22)34-2/h3-6,9-13,17,19-20H,7-8,14-15H2,1-2H3/t17-,19-,20+/m0/s1. The Bertz CT molecular complexity index is 1230. The van der Waals surface area contributed by atoms with Gasteiger partial charge in [-0.15, -0.1) is 0 Å². The number of para-hydroxylation sites is 2. The predicted octanol–water partition coefficient (Wildman–Crippen LogP) is 3.42. The quantitative estimate of drug-likeness (QED) is 0.285. The van der Waals surface area contributed by atoms with E-state index in [9.17, 15) is 19.2 Å². The molecule has 0 bridgehead atoms. The van der Waals surface area contributed by atoms with Crippen molar-refractivity contribution in [1.82, 2.24) is 0 Å². The minimum atomic E-state index is -0.621. The first-order valence-electron chi connectivity index (χ1n) is 11.7. The lowest BCUT2D eigenvalue weighted by Gasteiger charge is -2.19. The highest BCUT2D eigenvalue weighted by molar-refractivity contribution is 6.22. The molecule has 2 aromatic rings. The highest BCUT2D eigenvalue weighted by atomic mass is 16.5. The van der Waals surface area contributed by atoms with Crippen molar-refractivity contribution in [3.8, 4) is 11.5 Å². The Labute approximate surface area is 203 Å². The molecule has 0 unspecified atom stereocenters. The van der Waals surface area contributed by atoms with Gasteiger partial charge in [-0.2, -0.15) is 0 Å². The van der Waals surface area contributed by atoms with E-state index in [2.05, 4.69) is 0 Å². The van der Waals surface area contributed by atoms with Gasteiger partial charge in [0, 0.05) is 13.0 Å². The van der Waals surface area contributed by atoms with Crippen LogP contribution in [0, 0.1) is 24.7 Å². The first kappa shape index (κ1) is 22.8. The molecule has 2 saturated heterocycles. The second-order valence-electron chi connectivity index (χ2n) is 9.11. The van der Waals surface area contributed by atoms with Crippen LogP contribution in [0.25, 0.3) is 0 Å². The largest absolute Gasteiger partial charge is 0.495 e. The van der Waals surface area contributed by atoms with E-state index in [0.717, 1.165) is 0 Å². The van der Waals surface area contributed by atoms with Gasteiger partial charge in [0.2, 0.25) is 17.7 Å². The number of methoxy groups -OCH3 is 1. The van der Waals surface area contributed by atoms with Crippen LogP contribution in [-0.2, 0) is 19.2 Å². The number of ether oxygens (including phenoxy) is 2. The van der Waals surface area contributed by atoms with Gasteiger partial charge in [-0.1, -0.05) is 24.3 Å². The van der Waals surface area contributed by atoms with Gasteiger partial charge in [0.15, 0.2) is 0 Å². The fourth-order valence-corrected chi connectivity index (χ4v) is 5.13. The molecule has 1 aliphatic carbocycles. The molecule has 3 aliphatic rings. The van der Waals surface area contributed by atoms with Crippen molar-refractivity contribution in [2.24, 2.45) is 17.8 Å². The molecular formula is C27H26N2O6. The molecule has 0 radical (unpaired) electrons. The van der Waals surface area contributed by atoms with Crippen LogP contribution >= 0.6 is 0 Å². The van der Waals surface area contributed by atoms with Crippen LogP contribution in [0.2, 0.25) is 0 Å². The first-order valence-corrected chi connectivity index (χ1v) is 11.7. The van der Waals surface area contributed by atoms with Gasteiger partial charge in [-0.25, -0.2) is 4.90 Å². The Morgan fingerprint density at radius 3 is 2.29 bits per heavy atom. The monoisotopic (exact) mass is 474 g/mol. The van der Waals surface area contributed by atoms with Crippen LogP contribution in [0.3, 0.4) is 0 Å². The molecule has 0 spiro atoms. The summed E-state index contributed by atoms with van der Waals surface area (Å²) in [7, 11) is 1.53. The number of amides is 3. The van der Waals surface area contributed by atoms with Crippen molar-refractivity contribution in [3.05, 3.63) is 60.2 Å². The molecule has 8 heteroatoms. The number of rotatable bonds is 5. The second kappa shape index (κ2) is 9.02. The van der Waals surface area contributed by atoms with Crippen LogP contribution < -0.4 is 19.3 Å². The molecule has 2 fully saturated rings. The van der Waals surface area contributed by atoms with Crippen molar-refractivity contribution in [2.45, 2.75) is 26.2 Å². The van der Waals surface area contributed by atoms with Gasteiger partial charge in [-0.3, -0.25) is 19.2 Å². The number of hydrogen-bond donors (Lipinski definition) is 0. The fraction of sp³-hybridized carbons (Fsp3) is 0.333. The fourth-order valence-electron chi connectivity index (χ4n) is 5.13. The van der Waals surface area contributed by atoms with E-state index in [1.165, 1.54) is 16.9 Å². The van der Waals surface area contributed by atoms with E-state index in [1.807, 2.05) is 24.3 Å². The predicted molar refractivity (Wildman–Crippen MR) is 128 cm³/mol. The number of fused-ring (bicyclic) bond motifs is 1. The van der Waals surface area contributed by atoms with E-state index in [0.29, 0.717) is 41.3 Å². The summed E-state index contributed by atoms with van der Waals surface area (Å²) in [6.07, 6.45) is 5.10. The molecule has 5 rings (SSSR count). The number of benzene rings is 2. The Balaban J connectivity index is 1.29. The zero-order valence-corrected chi connectivity index (χ0v) is 19.6. The van der Waals surface area contributed by atoms with Gasteiger partial charge < -0.3 is 14.4 Å². The lowest BCUT2D eigenvalue weighted by Crippen LogP contribution is -2.31. The lowest BCUT2D eigenvalue weighted by molar-refractivity contribution is -0.139. The zero-order chi connectivity index (χ0) is 24.7. The summed E-state index contributed by atoms with van der Waals surface area (Å²) in [4.78, 5) is 54.1. The normalized spacial score (nSPS) is 23.6. The van der Waals surface area contributed by atoms with Crippen molar-refractivity contribution < 1.29 is 28.7 Å². The molecule has 2 aliphatic heterocycles. The number of aryl methyl sites for hydroxylation is 1. The third kappa shape index (κ3) is 3.99. The summed E-state index contributed by atoms with van der Waals surface area (Å²) < 4.78 is 10.9. The topological polar surface area (TPSA) is 93.2 Å². The second-order valence-corrected chi connectivity index (χ2v) is 9.11. The molecular weight excluding hydrogens is 448 g/mol. The van der Waals surface area contributed by atoms with Crippen molar-refractivity contribution in [3.63, 3.8) is 0 Å². The van der Waals surface area contributed by atoms with Gasteiger partial charge >= 0.3 is 5.97 Å². The minimum Gasteiger partial charge on any atom is -0.495 e. The van der Waals surface area contributed by atoms with E-state index < -0.39 is 11.9 Å². The molecule has 0 N–H and O–H groups in total. The number of hydrogen-bond acceptors (Lipinski definition) is 6. The molecule has 8 nitrogen and oxygen atoms in total. The first-order chi connectivity index (χ1) is 16.9. The Hall–Kier alpha value is -3.94. The van der Waals surface area contributed by atoms with Crippen LogP contribution in [-0.4, -0.2) is 37.3 Å². The Morgan fingerprint density at radius 2 is 1.63 bits per heavy atom. The molecule has 0 aromatic heterocycles. The number of nitrogens with zero attached hydrogens (tertiary/aromatic N) is 2. The van der Waals surface area contributed by atoms with Crippen molar-refractivity contribution in [2.75, 3.05) is 23.5 Å². The summed E-state index contributed by atoms with van der Waals surface area (Å²) in [5, 5.41) is 0. The maximum absolute atomic E-state index is 12.9. The molecule has 35 heavy (non-hydrogen) atoms. The minimum absolute atomic E-state index is 0.0432. The van der Waals surface area contributed by atoms with Crippen LogP contribution in [0.15, 0.2) is 54.6 Å². The maximum Gasteiger partial charge on any atom is 0.316 e. The number of allylic oxidation sites excluding steroid dienone is 2.